The van der Waals surface area contributed by atoms with Crippen LogP contribution in [0.25, 0.3) is 11.2 Å². The van der Waals surface area contributed by atoms with Crippen LogP contribution in [0.1, 0.15) is 30.3 Å². The van der Waals surface area contributed by atoms with E-state index in [1.165, 1.54) is 4.57 Å². The van der Waals surface area contributed by atoms with Gasteiger partial charge in [0.25, 0.3) is 5.56 Å². The molecule has 154 valence electrons. The Bertz CT molecular complexity index is 1270. The number of fused-ring (bicyclic) bond motifs is 1. The monoisotopic (exact) mass is 404 g/mol. The third-order valence-electron chi connectivity index (χ3n) is 5.08. The van der Waals surface area contributed by atoms with E-state index in [0.29, 0.717) is 24.1 Å². The summed E-state index contributed by atoms with van der Waals surface area (Å²) in [4.78, 5) is 34.4. The molecule has 0 atom stereocenters. The highest BCUT2D eigenvalue weighted by Crippen LogP contribution is 2.15. The van der Waals surface area contributed by atoms with Crippen molar-refractivity contribution in [3.63, 3.8) is 0 Å². The first-order chi connectivity index (χ1) is 14.6. The van der Waals surface area contributed by atoms with Gasteiger partial charge < -0.3 is 9.94 Å². The quantitative estimate of drug-likeness (QED) is 0.471. The van der Waals surface area contributed by atoms with Crippen LogP contribution in [-0.4, -0.2) is 23.8 Å². The van der Waals surface area contributed by atoms with Crippen LogP contribution in [0.15, 0.2) is 64.4 Å². The van der Waals surface area contributed by atoms with Crippen molar-refractivity contribution in [1.29, 1.82) is 0 Å². The Morgan fingerprint density at radius 3 is 2.37 bits per heavy atom. The summed E-state index contributed by atoms with van der Waals surface area (Å²) in [6, 6.07) is 13.3. The third kappa shape index (κ3) is 3.63. The first kappa shape index (κ1) is 19.6. The molecule has 0 saturated carbocycles. The van der Waals surface area contributed by atoms with E-state index in [0.717, 1.165) is 15.7 Å². The van der Waals surface area contributed by atoms with Gasteiger partial charge in [0.2, 0.25) is 0 Å². The molecule has 8 nitrogen and oxygen atoms in total. The predicted molar refractivity (Wildman–Crippen MR) is 114 cm³/mol. The van der Waals surface area contributed by atoms with E-state index < -0.39 is 11.2 Å². The molecular formula is C22H22N5O3-. The number of hydrogen-bond acceptors (Lipinski definition) is 5. The Hall–Kier alpha value is -3.68. The number of imidazole rings is 1. The second kappa shape index (κ2) is 8.36. The van der Waals surface area contributed by atoms with Gasteiger partial charge in [-0.05, 0) is 36.1 Å². The van der Waals surface area contributed by atoms with Crippen LogP contribution in [0.4, 0.5) is 0 Å². The van der Waals surface area contributed by atoms with Gasteiger partial charge in [0, 0.05) is 31.9 Å². The maximum Gasteiger partial charge on any atom is 0.332 e. The van der Waals surface area contributed by atoms with Crippen LogP contribution in [0.2, 0.25) is 0 Å². The molecule has 0 aliphatic rings. The maximum atomic E-state index is 13.1. The SMILES string of the molecule is CCCn1c(=O)c2c(nc(Cc3ccncc3)n2[O-])n(CCc2ccccc2)c1=O. The zero-order chi connectivity index (χ0) is 21.1. The molecule has 8 heteroatoms. The summed E-state index contributed by atoms with van der Waals surface area (Å²) >= 11 is 0. The molecule has 0 aliphatic heterocycles. The summed E-state index contributed by atoms with van der Waals surface area (Å²) in [7, 11) is 0. The van der Waals surface area contributed by atoms with Gasteiger partial charge in [0.05, 0.1) is 0 Å². The molecule has 0 radical (unpaired) electrons. The van der Waals surface area contributed by atoms with Crippen molar-refractivity contribution in [2.24, 2.45) is 0 Å². The van der Waals surface area contributed by atoms with Crippen LogP contribution in [0, 0.1) is 5.21 Å². The van der Waals surface area contributed by atoms with Crippen LogP contribution in [0.3, 0.4) is 0 Å². The van der Waals surface area contributed by atoms with Crippen LogP contribution >= 0.6 is 0 Å². The van der Waals surface area contributed by atoms with Gasteiger partial charge in [-0.2, -0.15) is 0 Å². The second-order valence-corrected chi connectivity index (χ2v) is 7.15. The second-order valence-electron chi connectivity index (χ2n) is 7.15. The van der Waals surface area contributed by atoms with Crippen molar-refractivity contribution in [1.82, 2.24) is 23.8 Å². The summed E-state index contributed by atoms with van der Waals surface area (Å²) in [5.41, 5.74) is 0.955. The molecule has 1 aromatic carbocycles. The van der Waals surface area contributed by atoms with E-state index in [4.69, 9.17) is 0 Å². The van der Waals surface area contributed by atoms with Crippen LogP contribution in [-0.2, 0) is 25.9 Å². The molecule has 0 spiro atoms. The standard InChI is InChI=1S/C22H22N5O3/c1-2-13-26-21(28)19-20(24-18(27(19)30)15-17-8-11-23-12-9-17)25(22(26)29)14-10-16-6-4-3-5-7-16/h3-9,11-12H,2,10,13-15H2,1H3/q-1. The molecule has 3 aromatic heterocycles. The first-order valence-electron chi connectivity index (χ1n) is 9.95. The highest BCUT2D eigenvalue weighted by molar-refractivity contribution is 5.71. The first-order valence-corrected chi connectivity index (χ1v) is 9.95. The molecule has 0 amide bonds. The fraction of sp³-hybridized carbons (Fsp3) is 0.273. The number of nitrogens with zero attached hydrogens (tertiary/aromatic N) is 5. The normalized spacial score (nSPS) is 11.2. The molecule has 0 aliphatic carbocycles. The molecule has 0 unspecified atom stereocenters. The topological polar surface area (TPSA) is 97.8 Å². The summed E-state index contributed by atoms with van der Waals surface area (Å²) in [5, 5.41) is 13.0. The van der Waals surface area contributed by atoms with Crippen molar-refractivity contribution in [2.45, 2.75) is 39.3 Å². The van der Waals surface area contributed by atoms with Crippen molar-refractivity contribution in [3.05, 3.63) is 97.9 Å². The zero-order valence-corrected chi connectivity index (χ0v) is 16.7. The Balaban J connectivity index is 1.84. The lowest BCUT2D eigenvalue weighted by atomic mass is 10.1. The van der Waals surface area contributed by atoms with E-state index in [-0.39, 0.29) is 30.0 Å². The summed E-state index contributed by atoms with van der Waals surface area (Å²) in [6.07, 6.45) is 4.72. The van der Waals surface area contributed by atoms with Crippen molar-refractivity contribution in [2.75, 3.05) is 0 Å². The van der Waals surface area contributed by atoms with Gasteiger partial charge in [-0.25, -0.2) is 9.78 Å². The number of benzene rings is 1. The molecule has 3 heterocycles. The van der Waals surface area contributed by atoms with Crippen LogP contribution in [0.5, 0.6) is 0 Å². The molecular weight excluding hydrogens is 382 g/mol. The zero-order valence-electron chi connectivity index (χ0n) is 16.7. The number of rotatable bonds is 7. The summed E-state index contributed by atoms with van der Waals surface area (Å²) in [5.74, 6) is 0.190. The molecule has 0 bridgehead atoms. The molecule has 30 heavy (non-hydrogen) atoms. The van der Waals surface area contributed by atoms with Gasteiger partial charge in [-0.3, -0.25) is 18.9 Å². The molecule has 4 rings (SSSR count). The Labute approximate surface area is 172 Å². The van der Waals surface area contributed by atoms with Gasteiger partial charge in [0.15, 0.2) is 5.65 Å². The van der Waals surface area contributed by atoms with E-state index >= 15 is 0 Å². The molecule has 0 saturated heterocycles. The number of pyridine rings is 1. The van der Waals surface area contributed by atoms with E-state index in [1.54, 1.807) is 24.5 Å². The predicted octanol–water partition coefficient (Wildman–Crippen LogP) is 2.34. The summed E-state index contributed by atoms with van der Waals surface area (Å²) in [6.45, 7) is 2.46. The fourth-order valence-electron chi connectivity index (χ4n) is 3.56. The van der Waals surface area contributed by atoms with Crippen molar-refractivity contribution < 1.29 is 0 Å². The Morgan fingerprint density at radius 1 is 0.933 bits per heavy atom. The van der Waals surface area contributed by atoms with Crippen LogP contribution < -0.4 is 11.2 Å². The Morgan fingerprint density at radius 2 is 1.67 bits per heavy atom. The van der Waals surface area contributed by atoms with E-state index in [2.05, 4.69) is 9.97 Å². The molecule has 4 aromatic rings. The molecule has 0 fully saturated rings. The van der Waals surface area contributed by atoms with Crippen molar-refractivity contribution >= 4 is 11.2 Å². The minimum atomic E-state index is -0.587. The summed E-state index contributed by atoms with van der Waals surface area (Å²) < 4.78 is 3.16. The smallest absolute Gasteiger partial charge is 0.332 e. The Kier molecular flexibility index (Phi) is 5.47. The van der Waals surface area contributed by atoms with Gasteiger partial charge >= 0.3 is 5.69 Å². The van der Waals surface area contributed by atoms with Gasteiger partial charge in [0.1, 0.15) is 11.3 Å². The largest absolute Gasteiger partial charge is 0.804 e. The lowest BCUT2D eigenvalue weighted by Gasteiger charge is -2.14. The fourth-order valence-corrected chi connectivity index (χ4v) is 3.56. The van der Waals surface area contributed by atoms with E-state index in [9.17, 15) is 14.8 Å². The number of aromatic nitrogens is 5. The number of aryl methyl sites for hydroxylation is 2. The minimum absolute atomic E-state index is 0.0832. The average Bonchev–Trinajstić information content (AvgIpc) is 3.08. The van der Waals surface area contributed by atoms with Gasteiger partial charge in [-0.1, -0.05) is 37.3 Å². The third-order valence-corrected chi connectivity index (χ3v) is 5.08. The highest BCUT2D eigenvalue weighted by atomic mass is 16.5. The molecule has 0 N–H and O–H groups in total. The number of hydrogen-bond donors (Lipinski definition) is 0. The highest BCUT2D eigenvalue weighted by Gasteiger charge is 2.18. The minimum Gasteiger partial charge on any atom is -0.804 e. The lowest BCUT2D eigenvalue weighted by molar-refractivity contribution is 0.559. The van der Waals surface area contributed by atoms with Crippen molar-refractivity contribution in [3.8, 4) is 0 Å². The van der Waals surface area contributed by atoms with E-state index in [1.807, 2.05) is 37.3 Å². The average molecular weight is 404 g/mol. The van der Waals surface area contributed by atoms with Gasteiger partial charge in [-0.15, -0.1) is 0 Å². The maximum absolute atomic E-state index is 13.1. The lowest BCUT2D eigenvalue weighted by Crippen LogP contribution is -2.40.